The molecule has 1 heterocycles. The lowest BCUT2D eigenvalue weighted by Gasteiger charge is -2.02. The number of benzene rings is 3. The fourth-order valence-electron chi connectivity index (χ4n) is 2.92. The Hall–Kier alpha value is -2.44. The van der Waals surface area contributed by atoms with Crippen LogP contribution < -0.4 is 4.80 Å². The Balaban J connectivity index is 2.03. The highest BCUT2D eigenvalue weighted by Gasteiger charge is 2.14. The van der Waals surface area contributed by atoms with Gasteiger partial charge in [0.25, 0.3) is 10.0 Å². The number of fused-ring (bicyclic) bond motifs is 3. The molecular weight excluding hydrogens is 352 g/mol. The smallest absolute Gasteiger partial charge is 0.285 e. The van der Waals surface area contributed by atoms with Crippen LogP contribution >= 0.6 is 11.3 Å². The van der Waals surface area contributed by atoms with Crippen LogP contribution in [0.3, 0.4) is 0 Å². The average Bonchev–Trinajstić information content (AvgIpc) is 2.99. The molecule has 4 aromatic rings. The minimum Gasteiger partial charge on any atom is -0.316 e. The molecule has 6 heteroatoms. The zero-order chi connectivity index (χ0) is 17.4. The first-order valence-electron chi connectivity index (χ1n) is 7.97. The summed E-state index contributed by atoms with van der Waals surface area (Å²) in [4.78, 5) is 0.706. The summed E-state index contributed by atoms with van der Waals surface area (Å²) >= 11 is 1.42. The quantitative estimate of drug-likeness (QED) is 0.545. The topological polar surface area (TPSA) is 51.4 Å². The third kappa shape index (κ3) is 2.77. The highest BCUT2D eigenvalue weighted by molar-refractivity contribution is 7.90. The van der Waals surface area contributed by atoms with E-state index in [2.05, 4.69) is 22.6 Å². The maximum Gasteiger partial charge on any atom is 0.285 e. The molecule has 0 aliphatic heterocycles. The number of hydrogen-bond acceptors (Lipinski definition) is 3. The summed E-state index contributed by atoms with van der Waals surface area (Å²) in [6, 6.07) is 20.5. The summed E-state index contributed by atoms with van der Waals surface area (Å²) in [6.45, 7) is 2.65. The van der Waals surface area contributed by atoms with E-state index in [-0.39, 0.29) is 4.90 Å². The van der Waals surface area contributed by atoms with E-state index in [1.54, 1.807) is 30.3 Å². The first kappa shape index (κ1) is 16.1. The van der Waals surface area contributed by atoms with Gasteiger partial charge in [0, 0.05) is 11.9 Å². The number of aryl methyl sites for hydroxylation is 1. The van der Waals surface area contributed by atoms with E-state index in [4.69, 9.17) is 0 Å². The van der Waals surface area contributed by atoms with Crippen molar-refractivity contribution in [1.29, 1.82) is 0 Å². The second kappa shape index (κ2) is 6.13. The van der Waals surface area contributed by atoms with Crippen LogP contribution in [0.4, 0.5) is 0 Å². The monoisotopic (exact) mass is 368 g/mol. The van der Waals surface area contributed by atoms with E-state index in [1.165, 1.54) is 11.3 Å². The lowest BCUT2D eigenvalue weighted by Crippen LogP contribution is -2.16. The summed E-state index contributed by atoms with van der Waals surface area (Å²) in [5.74, 6) is 0. The predicted octanol–water partition coefficient (Wildman–Crippen LogP) is 4.17. The number of nitrogens with zero attached hydrogens (tertiary/aromatic N) is 2. The lowest BCUT2D eigenvalue weighted by molar-refractivity contribution is 0.595. The van der Waals surface area contributed by atoms with Gasteiger partial charge in [0.1, 0.15) is 0 Å². The highest BCUT2D eigenvalue weighted by Crippen LogP contribution is 2.27. The molecule has 0 radical (unpaired) electrons. The van der Waals surface area contributed by atoms with E-state index in [0.717, 1.165) is 21.0 Å². The summed E-state index contributed by atoms with van der Waals surface area (Å²) in [7, 11) is -3.73. The predicted molar refractivity (Wildman–Crippen MR) is 102 cm³/mol. The van der Waals surface area contributed by atoms with Gasteiger partial charge in [-0.2, -0.15) is 8.42 Å². The molecule has 3 aromatic carbocycles. The van der Waals surface area contributed by atoms with E-state index in [0.29, 0.717) is 11.3 Å². The molecule has 0 aliphatic rings. The van der Waals surface area contributed by atoms with Crippen molar-refractivity contribution in [1.82, 2.24) is 4.57 Å². The molecule has 0 amide bonds. The molecule has 1 aromatic heterocycles. The van der Waals surface area contributed by atoms with Crippen LogP contribution in [0.1, 0.15) is 6.92 Å². The van der Waals surface area contributed by atoms with Crippen LogP contribution in [0.5, 0.6) is 0 Å². The molecule has 0 saturated carbocycles. The third-order valence-electron chi connectivity index (χ3n) is 4.13. The molecule has 4 nitrogen and oxygen atoms in total. The molecule has 0 fully saturated rings. The third-order valence-corrected chi connectivity index (χ3v) is 6.65. The maximum absolute atomic E-state index is 12.6. The van der Waals surface area contributed by atoms with Crippen LogP contribution in [0.2, 0.25) is 0 Å². The van der Waals surface area contributed by atoms with E-state index in [9.17, 15) is 8.42 Å². The van der Waals surface area contributed by atoms with Crippen LogP contribution in [-0.2, 0) is 16.6 Å². The molecule has 0 N–H and O–H groups in total. The second-order valence-electron chi connectivity index (χ2n) is 5.64. The van der Waals surface area contributed by atoms with Gasteiger partial charge in [-0.05, 0) is 30.5 Å². The van der Waals surface area contributed by atoms with Gasteiger partial charge in [-0.25, -0.2) is 0 Å². The Morgan fingerprint density at radius 2 is 1.68 bits per heavy atom. The summed E-state index contributed by atoms with van der Waals surface area (Å²) in [5.41, 5.74) is 1.01. The summed E-state index contributed by atoms with van der Waals surface area (Å²) in [5, 5.41) is 2.25. The summed E-state index contributed by atoms with van der Waals surface area (Å²) < 4.78 is 32.4. The van der Waals surface area contributed by atoms with E-state index in [1.807, 2.05) is 29.7 Å². The molecule has 0 bridgehead atoms. The zero-order valence-corrected chi connectivity index (χ0v) is 15.2. The molecule has 0 saturated heterocycles. The molecule has 4 rings (SSSR count). The van der Waals surface area contributed by atoms with Gasteiger partial charge in [0.15, 0.2) is 0 Å². The van der Waals surface area contributed by atoms with Crippen molar-refractivity contribution in [2.45, 2.75) is 18.4 Å². The molecule has 0 spiro atoms. The van der Waals surface area contributed by atoms with Crippen LogP contribution in [0.25, 0.3) is 21.0 Å². The van der Waals surface area contributed by atoms with Crippen molar-refractivity contribution in [3.63, 3.8) is 0 Å². The average molecular weight is 368 g/mol. The Morgan fingerprint density at radius 3 is 2.44 bits per heavy atom. The van der Waals surface area contributed by atoms with Gasteiger partial charge in [-0.3, -0.25) is 0 Å². The van der Waals surface area contributed by atoms with Gasteiger partial charge >= 0.3 is 0 Å². The molecular formula is C19H16N2O2S2. The molecule has 0 atom stereocenters. The van der Waals surface area contributed by atoms with Crippen molar-refractivity contribution in [3.05, 3.63) is 71.5 Å². The normalized spacial score (nSPS) is 12.9. The van der Waals surface area contributed by atoms with Gasteiger partial charge < -0.3 is 4.57 Å². The minimum atomic E-state index is -3.73. The molecule has 25 heavy (non-hydrogen) atoms. The van der Waals surface area contributed by atoms with Crippen molar-refractivity contribution < 1.29 is 8.42 Å². The molecule has 126 valence electrons. The zero-order valence-electron chi connectivity index (χ0n) is 13.6. The number of aromatic nitrogens is 1. The Labute approximate surface area is 149 Å². The van der Waals surface area contributed by atoms with Crippen LogP contribution in [0, 0.1) is 0 Å². The first-order chi connectivity index (χ1) is 12.1. The second-order valence-corrected chi connectivity index (χ2v) is 8.22. The van der Waals surface area contributed by atoms with Crippen molar-refractivity contribution in [2.24, 2.45) is 4.40 Å². The number of rotatable bonds is 3. The first-order valence-corrected chi connectivity index (χ1v) is 10.2. The summed E-state index contributed by atoms with van der Waals surface area (Å²) in [6.07, 6.45) is 0. The minimum absolute atomic E-state index is 0.208. The number of hydrogen-bond donors (Lipinski definition) is 0. The fourth-order valence-corrected chi connectivity index (χ4v) is 5.38. The van der Waals surface area contributed by atoms with E-state index >= 15 is 0 Å². The Bertz CT molecular complexity index is 1240. The van der Waals surface area contributed by atoms with Gasteiger partial charge in [0.2, 0.25) is 4.80 Å². The van der Waals surface area contributed by atoms with Gasteiger partial charge in [-0.1, -0.05) is 59.9 Å². The Morgan fingerprint density at radius 1 is 0.960 bits per heavy atom. The van der Waals surface area contributed by atoms with Crippen LogP contribution in [-0.4, -0.2) is 13.0 Å². The standard InChI is InChI=1S/C19H16N2O2S2/c1-2-21-17-13-12-14-8-6-7-11-16(14)18(17)24-19(21)20-25(22,23)15-9-4-3-5-10-15/h3-13H,2H2,1H3. The van der Waals surface area contributed by atoms with Crippen LogP contribution in [0.15, 0.2) is 76.0 Å². The number of thiazole rings is 1. The SMILES string of the molecule is CCn1c(=NS(=O)(=O)c2ccccc2)sc2c3ccccc3ccc21. The van der Waals surface area contributed by atoms with Gasteiger partial charge in [0.05, 0.1) is 15.1 Å². The Kier molecular flexibility index (Phi) is 3.94. The molecule has 0 aliphatic carbocycles. The van der Waals surface area contributed by atoms with Gasteiger partial charge in [-0.15, -0.1) is 4.40 Å². The van der Waals surface area contributed by atoms with Crippen molar-refractivity contribution in [2.75, 3.05) is 0 Å². The van der Waals surface area contributed by atoms with Crippen molar-refractivity contribution >= 4 is 42.3 Å². The maximum atomic E-state index is 12.6. The number of sulfonamides is 1. The largest absolute Gasteiger partial charge is 0.316 e. The molecule has 0 unspecified atom stereocenters. The fraction of sp³-hybridized carbons (Fsp3) is 0.105. The van der Waals surface area contributed by atoms with Crippen molar-refractivity contribution in [3.8, 4) is 0 Å². The lowest BCUT2D eigenvalue weighted by atomic mass is 10.1. The highest BCUT2D eigenvalue weighted by atomic mass is 32.2. The van der Waals surface area contributed by atoms with E-state index < -0.39 is 10.0 Å².